The SMILES string of the molecule is O=C(O)c1cccc(C(=O)OCC2CCC(CO)CC2)c1. The Hall–Kier alpha value is -1.88. The highest BCUT2D eigenvalue weighted by atomic mass is 16.5. The summed E-state index contributed by atoms with van der Waals surface area (Å²) >= 11 is 0. The van der Waals surface area contributed by atoms with E-state index < -0.39 is 11.9 Å². The zero-order valence-corrected chi connectivity index (χ0v) is 11.8. The molecule has 0 atom stereocenters. The van der Waals surface area contributed by atoms with Gasteiger partial charge in [-0.3, -0.25) is 0 Å². The molecule has 0 radical (unpaired) electrons. The van der Waals surface area contributed by atoms with Crippen molar-refractivity contribution in [2.45, 2.75) is 25.7 Å². The molecule has 0 aromatic heterocycles. The molecule has 1 fully saturated rings. The summed E-state index contributed by atoms with van der Waals surface area (Å²) < 4.78 is 5.28. The van der Waals surface area contributed by atoms with Crippen molar-refractivity contribution >= 4 is 11.9 Å². The lowest BCUT2D eigenvalue weighted by Gasteiger charge is -2.26. The van der Waals surface area contributed by atoms with Crippen LogP contribution in [0.15, 0.2) is 24.3 Å². The number of hydrogen-bond acceptors (Lipinski definition) is 4. The number of benzene rings is 1. The predicted octanol–water partition coefficient (Wildman–Crippen LogP) is 2.34. The van der Waals surface area contributed by atoms with E-state index >= 15 is 0 Å². The Kier molecular flexibility index (Phi) is 5.33. The number of carbonyl (C=O) groups is 2. The molecule has 0 aliphatic heterocycles. The van der Waals surface area contributed by atoms with Gasteiger partial charge in [-0.2, -0.15) is 0 Å². The molecule has 2 rings (SSSR count). The van der Waals surface area contributed by atoms with Crippen LogP contribution in [-0.4, -0.2) is 35.4 Å². The highest BCUT2D eigenvalue weighted by Gasteiger charge is 2.22. The Morgan fingerprint density at radius 2 is 1.71 bits per heavy atom. The van der Waals surface area contributed by atoms with E-state index in [0.717, 1.165) is 25.7 Å². The van der Waals surface area contributed by atoms with Gasteiger partial charge in [0.1, 0.15) is 0 Å². The van der Waals surface area contributed by atoms with Gasteiger partial charge in [0.2, 0.25) is 0 Å². The number of carbonyl (C=O) groups excluding carboxylic acids is 1. The Morgan fingerprint density at radius 3 is 2.33 bits per heavy atom. The van der Waals surface area contributed by atoms with Crippen molar-refractivity contribution in [1.29, 1.82) is 0 Å². The van der Waals surface area contributed by atoms with E-state index in [1.807, 2.05) is 0 Å². The van der Waals surface area contributed by atoms with Crippen LogP contribution in [0.4, 0.5) is 0 Å². The Labute approximate surface area is 123 Å². The normalized spacial score (nSPS) is 21.8. The van der Waals surface area contributed by atoms with E-state index in [2.05, 4.69) is 0 Å². The molecule has 1 saturated carbocycles. The number of ether oxygens (including phenoxy) is 1. The topological polar surface area (TPSA) is 83.8 Å². The monoisotopic (exact) mass is 292 g/mol. The van der Waals surface area contributed by atoms with Crippen molar-refractivity contribution in [3.8, 4) is 0 Å². The zero-order chi connectivity index (χ0) is 15.2. The Balaban J connectivity index is 1.85. The zero-order valence-electron chi connectivity index (χ0n) is 11.8. The summed E-state index contributed by atoms with van der Waals surface area (Å²) in [6.45, 7) is 0.586. The van der Waals surface area contributed by atoms with Gasteiger partial charge >= 0.3 is 11.9 Å². The minimum Gasteiger partial charge on any atom is -0.478 e. The second-order valence-corrected chi connectivity index (χ2v) is 5.55. The quantitative estimate of drug-likeness (QED) is 0.814. The molecule has 0 bridgehead atoms. The van der Waals surface area contributed by atoms with Gasteiger partial charge in [-0.15, -0.1) is 0 Å². The first kappa shape index (κ1) is 15.5. The molecule has 114 valence electrons. The average Bonchev–Trinajstić information content (AvgIpc) is 2.53. The van der Waals surface area contributed by atoms with Gasteiger partial charge in [-0.1, -0.05) is 6.07 Å². The van der Waals surface area contributed by atoms with Gasteiger partial charge in [-0.25, -0.2) is 9.59 Å². The molecule has 2 N–H and O–H groups in total. The number of aliphatic hydroxyl groups is 1. The summed E-state index contributed by atoms with van der Waals surface area (Å²) in [6.07, 6.45) is 3.84. The number of hydrogen-bond donors (Lipinski definition) is 2. The van der Waals surface area contributed by atoms with Gasteiger partial charge in [0.25, 0.3) is 0 Å². The third-order valence-electron chi connectivity index (χ3n) is 4.02. The van der Waals surface area contributed by atoms with Gasteiger partial charge in [0.05, 0.1) is 17.7 Å². The van der Waals surface area contributed by atoms with Gasteiger partial charge < -0.3 is 14.9 Å². The third-order valence-corrected chi connectivity index (χ3v) is 4.02. The summed E-state index contributed by atoms with van der Waals surface area (Å²) in [6, 6.07) is 5.85. The van der Waals surface area contributed by atoms with Crippen molar-refractivity contribution in [2.75, 3.05) is 13.2 Å². The number of aromatic carboxylic acids is 1. The Morgan fingerprint density at radius 1 is 1.10 bits per heavy atom. The van der Waals surface area contributed by atoms with Crippen molar-refractivity contribution in [2.24, 2.45) is 11.8 Å². The highest BCUT2D eigenvalue weighted by Crippen LogP contribution is 2.28. The van der Waals surface area contributed by atoms with E-state index in [4.69, 9.17) is 14.9 Å². The van der Waals surface area contributed by atoms with Crippen LogP contribution in [-0.2, 0) is 4.74 Å². The second-order valence-electron chi connectivity index (χ2n) is 5.55. The lowest BCUT2D eigenvalue weighted by atomic mass is 9.83. The molecular formula is C16H20O5. The van der Waals surface area contributed by atoms with Crippen molar-refractivity contribution in [3.05, 3.63) is 35.4 Å². The number of aliphatic hydroxyl groups excluding tert-OH is 1. The van der Waals surface area contributed by atoms with Crippen LogP contribution in [0.1, 0.15) is 46.4 Å². The largest absolute Gasteiger partial charge is 0.478 e. The van der Waals surface area contributed by atoms with Crippen LogP contribution < -0.4 is 0 Å². The molecule has 0 amide bonds. The molecule has 1 aromatic carbocycles. The predicted molar refractivity (Wildman–Crippen MR) is 76.2 cm³/mol. The minimum atomic E-state index is -1.06. The van der Waals surface area contributed by atoms with E-state index in [1.54, 1.807) is 6.07 Å². The summed E-state index contributed by atoms with van der Waals surface area (Å²) in [4.78, 5) is 22.8. The maximum atomic E-state index is 11.9. The molecule has 0 unspecified atom stereocenters. The fraction of sp³-hybridized carbons (Fsp3) is 0.500. The second kappa shape index (κ2) is 7.22. The number of carboxylic acids is 1. The van der Waals surface area contributed by atoms with Crippen LogP contribution in [0.2, 0.25) is 0 Å². The van der Waals surface area contributed by atoms with Gasteiger partial charge in [-0.05, 0) is 55.7 Å². The minimum absolute atomic E-state index is 0.0768. The lowest BCUT2D eigenvalue weighted by Crippen LogP contribution is -2.22. The maximum Gasteiger partial charge on any atom is 0.338 e. The number of rotatable bonds is 5. The first-order valence-electron chi connectivity index (χ1n) is 7.21. The summed E-state index contributed by atoms with van der Waals surface area (Å²) in [7, 11) is 0. The molecule has 1 aliphatic carbocycles. The van der Waals surface area contributed by atoms with Crippen LogP contribution in [0, 0.1) is 11.8 Å². The first-order valence-corrected chi connectivity index (χ1v) is 7.21. The van der Waals surface area contributed by atoms with Crippen LogP contribution in [0.5, 0.6) is 0 Å². The van der Waals surface area contributed by atoms with Crippen molar-refractivity contribution < 1.29 is 24.5 Å². The van der Waals surface area contributed by atoms with Crippen LogP contribution in [0.3, 0.4) is 0 Å². The lowest BCUT2D eigenvalue weighted by molar-refractivity contribution is 0.0379. The number of esters is 1. The molecule has 0 heterocycles. The summed E-state index contributed by atoms with van der Waals surface area (Å²) in [5.41, 5.74) is 0.340. The van der Waals surface area contributed by atoms with E-state index in [1.165, 1.54) is 18.2 Å². The van der Waals surface area contributed by atoms with Crippen LogP contribution >= 0.6 is 0 Å². The smallest absolute Gasteiger partial charge is 0.338 e. The van der Waals surface area contributed by atoms with E-state index in [-0.39, 0.29) is 17.7 Å². The van der Waals surface area contributed by atoms with E-state index in [9.17, 15) is 9.59 Å². The molecule has 5 nitrogen and oxygen atoms in total. The van der Waals surface area contributed by atoms with Gasteiger partial charge in [0, 0.05) is 6.61 Å². The number of carboxylic acid groups (broad SMARTS) is 1. The first-order chi connectivity index (χ1) is 10.1. The molecular weight excluding hydrogens is 272 g/mol. The summed E-state index contributed by atoms with van der Waals surface area (Å²) in [5, 5.41) is 18.0. The molecule has 0 spiro atoms. The molecule has 1 aliphatic rings. The standard InChI is InChI=1S/C16H20O5/c17-9-11-4-6-12(7-5-11)10-21-16(20)14-3-1-2-13(8-14)15(18)19/h1-3,8,11-12,17H,4-7,9-10H2,(H,18,19). The van der Waals surface area contributed by atoms with Gasteiger partial charge in [0.15, 0.2) is 0 Å². The van der Waals surface area contributed by atoms with Crippen molar-refractivity contribution in [3.63, 3.8) is 0 Å². The molecule has 0 saturated heterocycles. The third kappa shape index (κ3) is 4.29. The Bertz CT molecular complexity index is 503. The maximum absolute atomic E-state index is 11.9. The highest BCUT2D eigenvalue weighted by molar-refractivity contribution is 5.94. The molecule has 1 aromatic rings. The molecule has 21 heavy (non-hydrogen) atoms. The fourth-order valence-electron chi connectivity index (χ4n) is 2.64. The van der Waals surface area contributed by atoms with Crippen LogP contribution in [0.25, 0.3) is 0 Å². The fourth-order valence-corrected chi connectivity index (χ4v) is 2.64. The summed E-state index contributed by atoms with van der Waals surface area (Å²) in [5.74, 6) is -0.835. The molecule has 5 heteroatoms. The van der Waals surface area contributed by atoms with Crippen molar-refractivity contribution in [1.82, 2.24) is 0 Å². The van der Waals surface area contributed by atoms with E-state index in [0.29, 0.717) is 18.4 Å². The average molecular weight is 292 g/mol.